The summed E-state index contributed by atoms with van der Waals surface area (Å²) in [5.41, 5.74) is 2.82. The average Bonchev–Trinajstić information content (AvgIpc) is 2.65. The second-order valence-corrected chi connectivity index (χ2v) is 5.62. The molecule has 0 saturated heterocycles. The SMILES string of the molecule is CCOCc1ccccc1NC(=O)N(CCOC)Cc1ccccc1. The Balaban J connectivity index is 2.08. The lowest BCUT2D eigenvalue weighted by Crippen LogP contribution is -2.37. The number of rotatable bonds is 9. The number of nitrogens with zero attached hydrogens (tertiary/aromatic N) is 1. The van der Waals surface area contributed by atoms with Gasteiger partial charge in [-0.25, -0.2) is 4.79 Å². The van der Waals surface area contributed by atoms with Gasteiger partial charge in [-0.05, 0) is 18.6 Å². The van der Waals surface area contributed by atoms with Crippen LogP contribution in [0.25, 0.3) is 0 Å². The largest absolute Gasteiger partial charge is 0.383 e. The first-order valence-electron chi connectivity index (χ1n) is 8.49. The molecule has 0 unspecified atom stereocenters. The minimum absolute atomic E-state index is 0.148. The molecular formula is C20H26N2O3. The van der Waals surface area contributed by atoms with Gasteiger partial charge in [0.05, 0.1) is 13.2 Å². The van der Waals surface area contributed by atoms with E-state index in [0.717, 1.165) is 16.8 Å². The van der Waals surface area contributed by atoms with Crippen LogP contribution in [0.5, 0.6) is 0 Å². The molecule has 2 aromatic carbocycles. The summed E-state index contributed by atoms with van der Waals surface area (Å²) in [5, 5.41) is 3.00. The maximum atomic E-state index is 12.8. The van der Waals surface area contributed by atoms with Crippen LogP contribution in [0.4, 0.5) is 10.5 Å². The van der Waals surface area contributed by atoms with Crippen LogP contribution in [0.3, 0.4) is 0 Å². The Morgan fingerprint density at radius 3 is 2.52 bits per heavy atom. The molecule has 2 amide bonds. The highest BCUT2D eigenvalue weighted by molar-refractivity contribution is 5.90. The molecule has 0 bridgehead atoms. The van der Waals surface area contributed by atoms with Gasteiger partial charge in [0.25, 0.3) is 0 Å². The highest BCUT2D eigenvalue weighted by Gasteiger charge is 2.15. The molecule has 2 rings (SSSR count). The first kappa shape index (κ1) is 19.0. The zero-order valence-corrected chi connectivity index (χ0v) is 14.9. The third kappa shape index (κ3) is 6.21. The lowest BCUT2D eigenvalue weighted by Gasteiger charge is -2.23. The van der Waals surface area contributed by atoms with E-state index < -0.39 is 0 Å². The van der Waals surface area contributed by atoms with E-state index in [1.807, 2.05) is 61.5 Å². The number of ether oxygens (including phenoxy) is 2. The van der Waals surface area contributed by atoms with Crippen LogP contribution in [-0.2, 0) is 22.6 Å². The number of nitrogens with one attached hydrogen (secondary N) is 1. The molecule has 25 heavy (non-hydrogen) atoms. The van der Waals surface area contributed by atoms with Gasteiger partial charge in [0.2, 0.25) is 0 Å². The lowest BCUT2D eigenvalue weighted by molar-refractivity contribution is 0.134. The Kier molecular flexibility index (Phi) is 7.95. The van der Waals surface area contributed by atoms with E-state index in [-0.39, 0.29) is 6.03 Å². The molecule has 0 aliphatic rings. The molecule has 5 nitrogen and oxygen atoms in total. The summed E-state index contributed by atoms with van der Waals surface area (Å²) in [7, 11) is 1.63. The van der Waals surface area contributed by atoms with Crippen molar-refractivity contribution in [2.45, 2.75) is 20.1 Å². The number of hydrogen-bond acceptors (Lipinski definition) is 3. The van der Waals surface area contributed by atoms with E-state index in [0.29, 0.717) is 32.9 Å². The van der Waals surface area contributed by atoms with Gasteiger partial charge in [0.15, 0.2) is 0 Å². The van der Waals surface area contributed by atoms with Crippen molar-refractivity contribution in [3.05, 3.63) is 65.7 Å². The zero-order chi connectivity index (χ0) is 17.9. The Morgan fingerprint density at radius 2 is 1.80 bits per heavy atom. The number of methoxy groups -OCH3 is 1. The van der Waals surface area contributed by atoms with Gasteiger partial charge in [0, 0.05) is 38.1 Å². The number of para-hydroxylation sites is 1. The maximum absolute atomic E-state index is 12.8. The van der Waals surface area contributed by atoms with Crippen molar-refractivity contribution in [1.29, 1.82) is 0 Å². The molecule has 0 radical (unpaired) electrons. The summed E-state index contributed by atoms with van der Waals surface area (Å²) in [5.74, 6) is 0. The highest BCUT2D eigenvalue weighted by atomic mass is 16.5. The molecule has 0 aliphatic carbocycles. The van der Waals surface area contributed by atoms with Crippen molar-refractivity contribution in [3.63, 3.8) is 0 Å². The third-order valence-electron chi connectivity index (χ3n) is 3.79. The smallest absolute Gasteiger partial charge is 0.322 e. The summed E-state index contributed by atoms with van der Waals surface area (Å²) >= 11 is 0. The lowest BCUT2D eigenvalue weighted by atomic mass is 10.2. The Morgan fingerprint density at radius 1 is 1.08 bits per heavy atom. The first-order valence-corrected chi connectivity index (χ1v) is 8.49. The van der Waals surface area contributed by atoms with Crippen LogP contribution >= 0.6 is 0 Å². The fourth-order valence-corrected chi connectivity index (χ4v) is 2.43. The Bertz CT molecular complexity index is 646. The number of anilines is 1. The van der Waals surface area contributed by atoms with E-state index >= 15 is 0 Å². The van der Waals surface area contributed by atoms with Gasteiger partial charge in [-0.3, -0.25) is 0 Å². The van der Waals surface area contributed by atoms with Crippen molar-refractivity contribution in [2.75, 3.05) is 32.2 Å². The van der Waals surface area contributed by atoms with E-state index in [2.05, 4.69) is 5.32 Å². The van der Waals surface area contributed by atoms with Crippen LogP contribution < -0.4 is 5.32 Å². The van der Waals surface area contributed by atoms with Crippen molar-refractivity contribution in [3.8, 4) is 0 Å². The molecule has 1 N–H and O–H groups in total. The van der Waals surface area contributed by atoms with Gasteiger partial charge in [-0.2, -0.15) is 0 Å². The normalized spacial score (nSPS) is 10.5. The number of amides is 2. The van der Waals surface area contributed by atoms with E-state index in [4.69, 9.17) is 9.47 Å². The highest BCUT2D eigenvalue weighted by Crippen LogP contribution is 2.17. The second kappa shape index (κ2) is 10.5. The number of carbonyl (C=O) groups excluding carboxylic acids is 1. The molecule has 5 heteroatoms. The van der Waals surface area contributed by atoms with E-state index in [1.165, 1.54) is 0 Å². The van der Waals surface area contributed by atoms with Crippen LogP contribution in [-0.4, -0.2) is 37.8 Å². The topological polar surface area (TPSA) is 50.8 Å². The van der Waals surface area contributed by atoms with Crippen LogP contribution in [0.1, 0.15) is 18.1 Å². The van der Waals surface area contributed by atoms with Gasteiger partial charge >= 0.3 is 6.03 Å². The number of hydrogen-bond donors (Lipinski definition) is 1. The Hall–Kier alpha value is -2.37. The minimum Gasteiger partial charge on any atom is -0.383 e. The van der Waals surface area contributed by atoms with Gasteiger partial charge in [-0.1, -0.05) is 48.5 Å². The van der Waals surface area contributed by atoms with Crippen molar-refractivity contribution in [1.82, 2.24) is 4.90 Å². The number of benzene rings is 2. The molecule has 134 valence electrons. The summed E-state index contributed by atoms with van der Waals surface area (Å²) < 4.78 is 10.6. The summed E-state index contributed by atoms with van der Waals surface area (Å²) in [4.78, 5) is 14.5. The quantitative estimate of drug-likeness (QED) is 0.752. The first-order chi connectivity index (χ1) is 12.2. The standard InChI is InChI=1S/C20H26N2O3/c1-3-25-16-18-11-7-8-12-19(18)21-20(23)22(13-14-24-2)15-17-9-5-4-6-10-17/h4-12H,3,13-16H2,1-2H3,(H,21,23). The zero-order valence-electron chi connectivity index (χ0n) is 14.9. The van der Waals surface area contributed by atoms with E-state index in [1.54, 1.807) is 12.0 Å². The van der Waals surface area contributed by atoms with Crippen molar-refractivity contribution < 1.29 is 14.3 Å². The Labute approximate surface area is 149 Å². The molecule has 0 fully saturated rings. The van der Waals surface area contributed by atoms with Crippen molar-refractivity contribution in [2.24, 2.45) is 0 Å². The molecule has 0 saturated carbocycles. The molecule has 2 aromatic rings. The predicted molar refractivity (Wildman–Crippen MR) is 99.5 cm³/mol. The average molecular weight is 342 g/mol. The van der Waals surface area contributed by atoms with Crippen LogP contribution in [0.15, 0.2) is 54.6 Å². The maximum Gasteiger partial charge on any atom is 0.322 e. The van der Waals surface area contributed by atoms with Gasteiger partial charge in [0.1, 0.15) is 0 Å². The molecule has 0 aromatic heterocycles. The van der Waals surface area contributed by atoms with Gasteiger partial charge < -0.3 is 19.7 Å². The van der Waals surface area contributed by atoms with Crippen LogP contribution in [0.2, 0.25) is 0 Å². The summed E-state index contributed by atoms with van der Waals surface area (Å²) in [6.07, 6.45) is 0. The fourth-order valence-electron chi connectivity index (χ4n) is 2.43. The molecule has 0 spiro atoms. The fraction of sp³-hybridized carbons (Fsp3) is 0.350. The number of carbonyl (C=O) groups is 1. The summed E-state index contributed by atoms with van der Waals surface area (Å²) in [6.45, 7) is 4.60. The minimum atomic E-state index is -0.148. The van der Waals surface area contributed by atoms with E-state index in [9.17, 15) is 4.79 Å². The van der Waals surface area contributed by atoms with Crippen LogP contribution in [0, 0.1) is 0 Å². The number of urea groups is 1. The molecule has 0 aliphatic heterocycles. The van der Waals surface area contributed by atoms with Gasteiger partial charge in [-0.15, -0.1) is 0 Å². The monoisotopic (exact) mass is 342 g/mol. The third-order valence-corrected chi connectivity index (χ3v) is 3.79. The molecule has 0 atom stereocenters. The van der Waals surface area contributed by atoms with Crippen molar-refractivity contribution >= 4 is 11.7 Å². The molecule has 0 heterocycles. The second-order valence-electron chi connectivity index (χ2n) is 5.62. The summed E-state index contributed by atoms with van der Waals surface area (Å²) in [6, 6.07) is 17.5. The molecular weight excluding hydrogens is 316 g/mol. The predicted octanol–water partition coefficient (Wildman–Crippen LogP) is 3.90.